The van der Waals surface area contributed by atoms with Crippen LogP contribution in [-0.2, 0) is 12.0 Å². The van der Waals surface area contributed by atoms with Crippen molar-refractivity contribution in [1.82, 2.24) is 15.3 Å². The lowest BCUT2D eigenvalue weighted by molar-refractivity contribution is 0.0945. The van der Waals surface area contributed by atoms with Gasteiger partial charge in [-0.3, -0.25) is 9.78 Å². The Hall–Kier alpha value is -3.21. The molecule has 5 heteroatoms. The summed E-state index contributed by atoms with van der Waals surface area (Å²) < 4.78 is 0. The molecule has 0 aliphatic rings. The van der Waals surface area contributed by atoms with E-state index < -0.39 is 0 Å². The molecule has 27 heavy (non-hydrogen) atoms. The third-order valence-electron chi connectivity index (χ3n) is 4.17. The number of nitrogens with one attached hydrogen (secondary N) is 2. The Morgan fingerprint density at radius 1 is 0.963 bits per heavy atom. The molecule has 2 heterocycles. The van der Waals surface area contributed by atoms with Gasteiger partial charge in [-0.2, -0.15) is 0 Å². The summed E-state index contributed by atoms with van der Waals surface area (Å²) in [5.41, 5.74) is 4.32. The van der Waals surface area contributed by atoms with Gasteiger partial charge in [-0.05, 0) is 41.3 Å². The first-order valence-corrected chi connectivity index (χ1v) is 8.94. The number of carbonyl (C=O) groups excluding carboxylic acids is 1. The molecule has 1 amide bonds. The highest BCUT2D eigenvalue weighted by molar-refractivity contribution is 5.92. The van der Waals surface area contributed by atoms with Crippen LogP contribution in [0.15, 0.2) is 67.0 Å². The van der Waals surface area contributed by atoms with Crippen LogP contribution in [0.4, 0.5) is 11.4 Å². The lowest BCUT2D eigenvalue weighted by Gasteiger charge is -2.23. The van der Waals surface area contributed by atoms with Crippen molar-refractivity contribution in [1.29, 1.82) is 0 Å². The van der Waals surface area contributed by atoms with Gasteiger partial charge in [-0.15, -0.1) is 0 Å². The fraction of sp³-hybridized carbons (Fsp3) is 0.227. The Kier molecular flexibility index (Phi) is 5.50. The maximum Gasteiger partial charge on any atom is 0.270 e. The molecule has 0 bridgehead atoms. The molecule has 0 saturated carbocycles. The van der Waals surface area contributed by atoms with Crippen LogP contribution in [-0.4, -0.2) is 15.9 Å². The molecule has 2 aromatic heterocycles. The molecule has 0 saturated heterocycles. The maximum atomic E-state index is 12.3. The molecule has 0 spiro atoms. The van der Waals surface area contributed by atoms with E-state index in [1.165, 1.54) is 5.56 Å². The lowest BCUT2D eigenvalue weighted by Crippen LogP contribution is -2.24. The van der Waals surface area contributed by atoms with Crippen LogP contribution in [0.5, 0.6) is 0 Å². The number of hydrogen-bond donors (Lipinski definition) is 2. The maximum absolute atomic E-state index is 12.3. The molecule has 1 aromatic carbocycles. The first-order chi connectivity index (χ1) is 12.9. The van der Waals surface area contributed by atoms with E-state index in [-0.39, 0.29) is 11.3 Å². The van der Waals surface area contributed by atoms with Crippen LogP contribution in [0, 0.1) is 0 Å². The van der Waals surface area contributed by atoms with Crippen molar-refractivity contribution in [3.05, 3.63) is 83.9 Å². The molecular formula is C22H24N4O. The van der Waals surface area contributed by atoms with E-state index in [2.05, 4.69) is 47.4 Å². The topological polar surface area (TPSA) is 66.9 Å². The Morgan fingerprint density at radius 3 is 2.41 bits per heavy atom. The summed E-state index contributed by atoms with van der Waals surface area (Å²) >= 11 is 0. The summed E-state index contributed by atoms with van der Waals surface area (Å²) in [6.45, 7) is 6.92. The zero-order valence-corrected chi connectivity index (χ0v) is 15.9. The van der Waals surface area contributed by atoms with Crippen LogP contribution in [0.3, 0.4) is 0 Å². The van der Waals surface area contributed by atoms with Gasteiger partial charge < -0.3 is 10.6 Å². The first-order valence-electron chi connectivity index (χ1n) is 8.94. The molecule has 0 aliphatic carbocycles. The third kappa shape index (κ3) is 4.91. The minimum Gasteiger partial charge on any atom is -0.354 e. The molecule has 3 aromatic rings. The van der Waals surface area contributed by atoms with Gasteiger partial charge in [0.15, 0.2) is 0 Å². The SMILES string of the molecule is CC(C)(C)c1ccccc1Nc1ccc(C(=O)NCc2ccccn2)nc1. The number of rotatable bonds is 5. The van der Waals surface area contributed by atoms with Crippen LogP contribution in [0.2, 0.25) is 0 Å². The second-order valence-corrected chi connectivity index (χ2v) is 7.36. The zero-order chi connectivity index (χ0) is 19.3. The molecule has 0 radical (unpaired) electrons. The Bertz CT molecular complexity index is 900. The number of carbonyl (C=O) groups is 1. The molecule has 2 N–H and O–H groups in total. The number of aromatic nitrogens is 2. The number of hydrogen-bond acceptors (Lipinski definition) is 4. The summed E-state index contributed by atoms with van der Waals surface area (Å²) in [6, 6.07) is 17.4. The monoisotopic (exact) mass is 360 g/mol. The fourth-order valence-corrected chi connectivity index (χ4v) is 2.77. The number of amides is 1. The van der Waals surface area contributed by atoms with Gasteiger partial charge in [-0.1, -0.05) is 45.0 Å². The van der Waals surface area contributed by atoms with Crippen LogP contribution >= 0.6 is 0 Å². The molecule has 0 fully saturated rings. The normalized spacial score (nSPS) is 11.1. The van der Waals surface area contributed by atoms with E-state index in [1.54, 1.807) is 18.5 Å². The highest BCUT2D eigenvalue weighted by atomic mass is 16.1. The van der Waals surface area contributed by atoms with Gasteiger partial charge in [0.2, 0.25) is 0 Å². The highest BCUT2D eigenvalue weighted by Gasteiger charge is 2.17. The predicted octanol–water partition coefficient (Wildman–Crippen LogP) is 4.45. The van der Waals surface area contributed by atoms with Crippen molar-refractivity contribution < 1.29 is 4.79 Å². The minimum atomic E-state index is -0.220. The van der Waals surface area contributed by atoms with Gasteiger partial charge in [0.25, 0.3) is 5.91 Å². The number of pyridine rings is 2. The number of para-hydroxylation sites is 1. The Morgan fingerprint density at radius 2 is 1.74 bits per heavy atom. The van der Waals surface area contributed by atoms with Crippen molar-refractivity contribution >= 4 is 17.3 Å². The van der Waals surface area contributed by atoms with Gasteiger partial charge in [0.05, 0.1) is 24.1 Å². The van der Waals surface area contributed by atoms with E-state index in [0.717, 1.165) is 17.1 Å². The van der Waals surface area contributed by atoms with Crippen LogP contribution < -0.4 is 10.6 Å². The van der Waals surface area contributed by atoms with Gasteiger partial charge in [0.1, 0.15) is 5.69 Å². The summed E-state index contributed by atoms with van der Waals surface area (Å²) in [5, 5.41) is 6.23. The van der Waals surface area contributed by atoms with Gasteiger partial charge >= 0.3 is 0 Å². The standard InChI is InChI=1S/C22H24N4O/c1-22(2,3)18-9-4-5-10-19(18)26-17-11-12-20(24-15-17)21(27)25-14-16-8-6-7-13-23-16/h4-13,15,26H,14H2,1-3H3,(H,25,27). The second-order valence-electron chi connectivity index (χ2n) is 7.36. The largest absolute Gasteiger partial charge is 0.354 e. The Labute approximate surface area is 159 Å². The van der Waals surface area contributed by atoms with Crippen LogP contribution in [0.25, 0.3) is 0 Å². The van der Waals surface area contributed by atoms with E-state index in [9.17, 15) is 4.79 Å². The second kappa shape index (κ2) is 7.99. The molecule has 138 valence electrons. The smallest absolute Gasteiger partial charge is 0.270 e. The predicted molar refractivity (Wildman–Crippen MR) is 108 cm³/mol. The lowest BCUT2D eigenvalue weighted by atomic mass is 9.86. The molecular weight excluding hydrogens is 336 g/mol. The molecule has 0 atom stereocenters. The summed E-state index contributed by atoms with van der Waals surface area (Å²) in [7, 11) is 0. The average molecular weight is 360 g/mol. The van der Waals surface area contributed by atoms with Gasteiger partial charge in [-0.25, -0.2) is 4.98 Å². The molecule has 0 unspecified atom stereocenters. The van der Waals surface area contributed by atoms with Crippen molar-refractivity contribution in [2.45, 2.75) is 32.7 Å². The number of nitrogens with zero attached hydrogens (tertiary/aromatic N) is 2. The van der Waals surface area contributed by atoms with E-state index in [1.807, 2.05) is 42.5 Å². The first kappa shape index (κ1) is 18.6. The van der Waals surface area contributed by atoms with Crippen molar-refractivity contribution in [3.8, 4) is 0 Å². The van der Waals surface area contributed by atoms with Crippen molar-refractivity contribution in [2.24, 2.45) is 0 Å². The molecule has 3 rings (SSSR count). The third-order valence-corrected chi connectivity index (χ3v) is 4.17. The minimum absolute atomic E-state index is 0.0301. The summed E-state index contributed by atoms with van der Waals surface area (Å²) in [5.74, 6) is -0.220. The molecule has 5 nitrogen and oxygen atoms in total. The fourth-order valence-electron chi connectivity index (χ4n) is 2.77. The Balaban J connectivity index is 1.66. The quantitative estimate of drug-likeness (QED) is 0.705. The van der Waals surface area contributed by atoms with Gasteiger partial charge in [0, 0.05) is 11.9 Å². The highest BCUT2D eigenvalue weighted by Crippen LogP contribution is 2.31. The van der Waals surface area contributed by atoms with Crippen LogP contribution in [0.1, 0.15) is 42.5 Å². The van der Waals surface area contributed by atoms with Crippen molar-refractivity contribution in [3.63, 3.8) is 0 Å². The summed E-state index contributed by atoms with van der Waals surface area (Å²) in [6.07, 6.45) is 3.38. The molecule has 0 aliphatic heterocycles. The van der Waals surface area contributed by atoms with E-state index >= 15 is 0 Å². The summed E-state index contributed by atoms with van der Waals surface area (Å²) in [4.78, 5) is 20.7. The number of benzene rings is 1. The van der Waals surface area contributed by atoms with E-state index in [0.29, 0.717) is 12.2 Å². The zero-order valence-electron chi connectivity index (χ0n) is 15.9. The average Bonchev–Trinajstić information content (AvgIpc) is 2.67. The van der Waals surface area contributed by atoms with Crippen molar-refractivity contribution in [2.75, 3.05) is 5.32 Å². The van der Waals surface area contributed by atoms with E-state index in [4.69, 9.17) is 0 Å². The number of anilines is 2.